The van der Waals surface area contributed by atoms with Crippen LogP contribution in [0.1, 0.15) is 26.2 Å². The summed E-state index contributed by atoms with van der Waals surface area (Å²) in [7, 11) is 0. The first-order valence-electron chi connectivity index (χ1n) is 5.77. The van der Waals surface area contributed by atoms with Crippen LogP contribution in [0.2, 0.25) is 0 Å². The van der Waals surface area contributed by atoms with E-state index in [9.17, 15) is 0 Å². The maximum Gasteiger partial charge on any atom is 0.131 e. The molecule has 0 bridgehead atoms. The standard InChI is InChI=1S/C11H20N4S/c1-2-3-4-5-12-10-8-11(13-6-7-16)15-9-14-10/h8-9,16H,2-7H2,1H3,(H2,12,13,14,15). The van der Waals surface area contributed by atoms with Gasteiger partial charge in [0, 0.05) is 24.9 Å². The predicted molar refractivity (Wildman–Crippen MR) is 72.4 cm³/mol. The zero-order valence-corrected chi connectivity index (χ0v) is 10.6. The highest BCUT2D eigenvalue weighted by atomic mass is 32.1. The Morgan fingerprint density at radius 1 is 1.12 bits per heavy atom. The summed E-state index contributed by atoms with van der Waals surface area (Å²) < 4.78 is 0. The summed E-state index contributed by atoms with van der Waals surface area (Å²) in [6, 6.07) is 1.93. The summed E-state index contributed by atoms with van der Waals surface area (Å²) in [5.74, 6) is 2.53. The van der Waals surface area contributed by atoms with Crippen molar-refractivity contribution in [3.8, 4) is 0 Å². The molecule has 1 aromatic rings. The minimum absolute atomic E-state index is 0.795. The quantitative estimate of drug-likeness (QED) is 0.482. The lowest BCUT2D eigenvalue weighted by Gasteiger charge is -2.07. The molecule has 4 nitrogen and oxygen atoms in total. The van der Waals surface area contributed by atoms with Crippen molar-refractivity contribution in [3.63, 3.8) is 0 Å². The first-order valence-corrected chi connectivity index (χ1v) is 6.40. The van der Waals surface area contributed by atoms with Crippen molar-refractivity contribution in [1.29, 1.82) is 0 Å². The third kappa shape index (κ3) is 5.21. The van der Waals surface area contributed by atoms with Crippen LogP contribution >= 0.6 is 12.6 Å². The summed E-state index contributed by atoms with van der Waals surface area (Å²) in [6.45, 7) is 3.98. The van der Waals surface area contributed by atoms with Crippen molar-refractivity contribution in [2.24, 2.45) is 0 Å². The van der Waals surface area contributed by atoms with Gasteiger partial charge in [0.05, 0.1) is 0 Å². The Labute approximate surface area is 103 Å². The molecule has 1 aromatic heterocycles. The first kappa shape index (κ1) is 13.1. The number of thiol groups is 1. The van der Waals surface area contributed by atoms with Gasteiger partial charge in [-0.3, -0.25) is 0 Å². The van der Waals surface area contributed by atoms with E-state index in [2.05, 4.69) is 40.2 Å². The van der Waals surface area contributed by atoms with E-state index in [1.54, 1.807) is 6.33 Å². The highest BCUT2D eigenvalue weighted by molar-refractivity contribution is 7.80. The first-order chi connectivity index (χ1) is 7.86. The second-order valence-corrected chi connectivity index (χ2v) is 4.02. The van der Waals surface area contributed by atoms with Gasteiger partial charge in [0.25, 0.3) is 0 Å². The highest BCUT2D eigenvalue weighted by Crippen LogP contribution is 2.08. The molecule has 0 spiro atoms. The Morgan fingerprint density at radius 2 is 1.81 bits per heavy atom. The average molecular weight is 240 g/mol. The molecule has 0 aliphatic rings. The van der Waals surface area contributed by atoms with Crippen LogP contribution in [0.25, 0.3) is 0 Å². The Hall–Kier alpha value is -0.970. The molecule has 0 aliphatic heterocycles. The molecular weight excluding hydrogens is 220 g/mol. The molecule has 0 saturated carbocycles. The number of aromatic nitrogens is 2. The van der Waals surface area contributed by atoms with Crippen LogP contribution in [0.4, 0.5) is 11.6 Å². The molecule has 0 amide bonds. The number of rotatable bonds is 8. The molecule has 0 radical (unpaired) electrons. The molecule has 2 N–H and O–H groups in total. The SMILES string of the molecule is CCCCCNc1cc(NCCS)ncn1. The van der Waals surface area contributed by atoms with E-state index in [1.165, 1.54) is 19.3 Å². The third-order valence-corrected chi connectivity index (χ3v) is 2.40. The summed E-state index contributed by atoms with van der Waals surface area (Å²) in [5.41, 5.74) is 0. The normalized spacial score (nSPS) is 10.1. The number of unbranched alkanes of at least 4 members (excludes halogenated alkanes) is 2. The van der Waals surface area contributed by atoms with Gasteiger partial charge < -0.3 is 10.6 Å². The fraction of sp³-hybridized carbons (Fsp3) is 0.636. The predicted octanol–water partition coefficient (Wildman–Crippen LogP) is 2.42. The molecule has 90 valence electrons. The van der Waals surface area contributed by atoms with E-state index in [1.807, 2.05) is 6.07 Å². The van der Waals surface area contributed by atoms with Gasteiger partial charge in [-0.25, -0.2) is 9.97 Å². The van der Waals surface area contributed by atoms with Crippen LogP contribution in [-0.4, -0.2) is 28.8 Å². The van der Waals surface area contributed by atoms with Crippen LogP contribution in [0.3, 0.4) is 0 Å². The van der Waals surface area contributed by atoms with Gasteiger partial charge in [-0.05, 0) is 6.42 Å². The van der Waals surface area contributed by atoms with Crippen molar-refractivity contribution in [3.05, 3.63) is 12.4 Å². The average Bonchev–Trinajstić information content (AvgIpc) is 2.33. The second-order valence-electron chi connectivity index (χ2n) is 3.57. The van der Waals surface area contributed by atoms with Gasteiger partial charge in [0.15, 0.2) is 0 Å². The van der Waals surface area contributed by atoms with Crippen LogP contribution in [0.5, 0.6) is 0 Å². The monoisotopic (exact) mass is 240 g/mol. The molecule has 5 heteroatoms. The Morgan fingerprint density at radius 3 is 2.44 bits per heavy atom. The Balaban J connectivity index is 2.35. The molecule has 0 fully saturated rings. The van der Waals surface area contributed by atoms with Gasteiger partial charge in [-0.15, -0.1) is 0 Å². The summed E-state index contributed by atoms with van der Waals surface area (Å²) in [4.78, 5) is 8.29. The molecule has 0 unspecified atom stereocenters. The largest absolute Gasteiger partial charge is 0.370 e. The topological polar surface area (TPSA) is 49.8 Å². The highest BCUT2D eigenvalue weighted by Gasteiger charge is 1.97. The lowest BCUT2D eigenvalue weighted by molar-refractivity contribution is 0.742. The fourth-order valence-electron chi connectivity index (χ4n) is 1.33. The molecule has 0 saturated heterocycles. The Bertz CT molecular complexity index is 293. The zero-order valence-electron chi connectivity index (χ0n) is 9.74. The molecule has 0 aliphatic carbocycles. The summed E-state index contributed by atoms with van der Waals surface area (Å²) in [5, 5.41) is 6.45. The zero-order chi connectivity index (χ0) is 11.6. The van der Waals surface area contributed by atoms with E-state index < -0.39 is 0 Å². The number of anilines is 2. The minimum Gasteiger partial charge on any atom is -0.370 e. The number of hydrogen-bond donors (Lipinski definition) is 3. The van der Waals surface area contributed by atoms with Gasteiger partial charge in [0.1, 0.15) is 18.0 Å². The third-order valence-electron chi connectivity index (χ3n) is 2.17. The van der Waals surface area contributed by atoms with Crippen molar-refractivity contribution in [2.45, 2.75) is 26.2 Å². The van der Waals surface area contributed by atoms with Gasteiger partial charge in [-0.1, -0.05) is 19.8 Å². The maximum atomic E-state index is 4.16. The number of nitrogens with zero attached hydrogens (tertiary/aromatic N) is 2. The molecule has 1 rings (SSSR count). The lowest BCUT2D eigenvalue weighted by atomic mass is 10.2. The van der Waals surface area contributed by atoms with Gasteiger partial charge >= 0.3 is 0 Å². The Kier molecular flexibility index (Phi) is 6.72. The molecule has 16 heavy (non-hydrogen) atoms. The molecule has 0 atom stereocenters. The smallest absolute Gasteiger partial charge is 0.131 e. The second kappa shape index (κ2) is 8.21. The lowest BCUT2D eigenvalue weighted by Crippen LogP contribution is -2.07. The van der Waals surface area contributed by atoms with E-state index >= 15 is 0 Å². The van der Waals surface area contributed by atoms with Crippen LogP contribution < -0.4 is 10.6 Å². The molecular formula is C11H20N4S. The fourth-order valence-corrected chi connectivity index (χ4v) is 1.44. The molecule has 0 aromatic carbocycles. The van der Waals surface area contributed by atoms with Gasteiger partial charge in [-0.2, -0.15) is 12.6 Å². The summed E-state index contributed by atoms with van der Waals surface area (Å²) in [6.07, 6.45) is 5.24. The van der Waals surface area contributed by atoms with Gasteiger partial charge in [0.2, 0.25) is 0 Å². The van der Waals surface area contributed by atoms with E-state index in [-0.39, 0.29) is 0 Å². The van der Waals surface area contributed by atoms with E-state index in [0.29, 0.717) is 0 Å². The number of hydrogen-bond acceptors (Lipinski definition) is 5. The van der Waals surface area contributed by atoms with Crippen molar-refractivity contribution in [1.82, 2.24) is 9.97 Å². The van der Waals surface area contributed by atoms with E-state index in [4.69, 9.17) is 0 Å². The van der Waals surface area contributed by atoms with Crippen molar-refractivity contribution >= 4 is 24.3 Å². The van der Waals surface area contributed by atoms with Crippen LogP contribution in [-0.2, 0) is 0 Å². The van der Waals surface area contributed by atoms with E-state index in [0.717, 1.165) is 30.5 Å². The maximum absolute atomic E-state index is 4.16. The summed E-state index contributed by atoms with van der Waals surface area (Å²) >= 11 is 4.13. The van der Waals surface area contributed by atoms with Crippen molar-refractivity contribution < 1.29 is 0 Å². The molecule has 1 heterocycles. The van der Waals surface area contributed by atoms with Crippen molar-refractivity contribution in [2.75, 3.05) is 29.5 Å². The van der Waals surface area contributed by atoms with Crippen LogP contribution in [0, 0.1) is 0 Å². The minimum atomic E-state index is 0.795. The number of nitrogens with one attached hydrogen (secondary N) is 2. The van der Waals surface area contributed by atoms with Crippen LogP contribution in [0.15, 0.2) is 12.4 Å².